The van der Waals surface area contributed by atoms with Gasteiger partial charge in [-0.1, -0.05) is 38.1 Å². The molecule has 0 saturated carbocycles. The number of ether oxygens (including phenoxy) is 4. The summed E-state index contributed by atoms with van der Waals surface area (Å²) in [6, 6.07) is 15.8. The molecule has 0 fully saturated rings. The fourth-order valence-corrected chi connectivity index (χ4v) is 3.14. The van der Waals surface area contributed by atoms with E-state index < -0.39 is 6.10 Å². The van der Waals surface area contributed by atoms with Crippen molar-refractivity contribution in [2.75, 3.05) is 39.6 Å². The zero-order valence-corrected chi connectivity index (χ0v) is 19.0. The Labute approximate surface area is 185 Å². The summed E-state index contributed by atoms with van der Waals surface area (Å²) >= 11 is 0. The van der Waals surface area contributed by atoms with Crippen LogP contribution in [-0.2, 0) is 14.9 Å². The maximum absolute atomic E-state index is 9.83. The second-order valence-electron chi connectivity index (χ2n) is 7.88. The summed E-state index contributed by atoms with van der Waals surface area (Å²) < 4.78 is 22.0. The Morgan fingerprint density at radius 2 is 1.29 bits per heavy atom. The van der Waals surface area contributed by atoms with Gasteiger partial charge in [0.25, 0.3) is 0 Å². The summed E-state index contributed by atoms with van der Waals surface area (Å²) in [7, 11) is 0. The van der Waals surface area contributed by atoms with Crippen LogP contribution in [0.4, 0.5) is 0 Å². The van der Waals surface area contributed by atoms with E-state index in [0.29, 0.717) is 31.3 Å². The van der Waals surface area contributed by atoms with Gasteiger partial charge in [0.15, 0.2) is 0 Å². The minimum absolute atomic E-state index is 0.0929. The van der Waals surface area contributed by atoms with Crippen LogP contribution in [0.2, 0.25) is 0 Å². The average Bonchev–Trinajstić information content (AvgIpc) is 2.79. The van der Waals surface area contributed by atoms with Gasteiger partial charge >= 0.3 is 0 Å². The molecule has 2 rings (SSSR count). The zero-order valence-electron chi connectivity index (χ0n) is 19.0. The molecule has 2 aromatic rings. The second-order valence-corrected chi connectivity index (χ2v) is 7.88. The number of hydrogen-bond donors (Lipinski definition) is 2. The zero-order chi connectivity index (χ0) is 22.7. The molecule has 6 heteroatoms. The number of aliphatic hydroxyl groups is 2. The fraction of sp³-hybridized carbons (Fsp3) is 0.520. The lowest BCUT2D eigenvalue weighted by Crippen LogP contribution is -2.27. The van der Waals surface area contributed by atoms with Gasteiger partial charge in [-0.25, -0.2) is 0 Å². The number of hydrogen-bond acceptors (Lipinski definition) is 6. The van der Waals surface area contributed by atoms with Crippen molar-refractivity contribution in [3.63, 3.8) is 0 Å². The van der Waals surface area contributed by atoms with E-state index in [1.165, 1.54) is 0 Å². The highest BCUT2D eigenvalue weighted by molar-refractivity contribution is 5.41. The minimum Gasteiger partial charge on any atom is -0.491 e. The van der Waals surface area contributed by atoms with Crippen LogP contribution in [0, 0.1) is 0 Å². The third-order valence-electron chi connectivity index (χ3n) is 5.12. The van der Waals surface area contributed by atoms with Crippen LogP contribution in [0.3, 0.4) is 0 Å². The first-order chi connectivity index (χ1) is 14.9. The Morgan fingerprint density at radius 1 is 0.774 bits per heavy atom. The lowest BCUT2D eigenvalue weighted by molar-refractivity contribution is 0.0164. The molecule has 0 aromatic heterocycles. The molecule has 2 N–H and O–H groups in total. The molecule has 2 unspecified atom stereocenters. The number of benzene rings is 2. The van der Waals surface area contributed by atoms with Crippen LogP contribution >= 0.6 is 0 Å². The highest BCUT2D eigenvalue weighted by atomic mass is 16.5. The quantitative estimate of drug-likeness (QED) is 0.475. The normalized spacial score (nSPS) is 13.6. The van der Waals surface area contributed by atoms with Crippen molar-refractivity contribution in [3.05, 3.63) is 59.7 Å². The predicted octanol–water partition coefficient (Wildman–Crippen LogP) is 3.56. The van der Waals surface area contributed by atoms with E-state index in [1.54, 1.807) is 0 Å². The van der Waals surface area contributed by atoms with E-state index in [1.807, 2.05) is 62.4 Å². The van der Waals surface area contributed by atoms with Crippen molar-refractivity contribution < 1.29 is 29.2 Å². The van der Waals surface area contributed by atoms with Crippen molar-refractivity contribution in [1.82, 2.24) is 0 Å². The Kier molecular flexibility index (Phi) is 10.3. The molecule has 0 amide bonds. The minimum atomic E-state index is -0.643. The Hall–Kier alpha value is -2.12. The highest BCUT2D eigenvalue weighted by Gasteiger charge is 2.23. The standard InChI is InChI=1S/C25H36O6/c1-5-28-16-21(27)17-30-22-11-7-19(8-12-22)25(3,4)20-9-13-23(14-10-20)31-24(15-26)18-29-6-2/h7-14,21,24,26-27H,5-6,15-18H2,1-4H3. The molecule has 172 valence electrons. The van der Waals surface area contributed by atoms with Crippen LogP contribution in [0.1, 0.15) is 38.8 Å². The lowest BCUT2D eigenvalue weighted by atomic mass is 9.78. The van der Waals surface area contributed by atoms with Gasteiger partial charge in [-0.05, 0) is 49.2 Å². The highest BCUT2D eigenvalue weighted by Crippen LogP contribution is 2.33. The Morgan fingerprint density at radius 3 is 1.81 bits per heavy atom. The summed E-state index contributed by atoms with van der Waals surface area (Å²) in [4.78, 5) is 0. The fourth-order valence-electron chi connectivity index (χ4n) is 3.14. The van der Waals surface area contributed by atoms with Gasteiger partial charge in [0, 0.05) is 18.6 Å². The first kappa shape index (κ1) is 25.1. The predicted molar refractivity (Wildman–Crippen MR) is 121 cm³/mol. The molecular formula is C25H36O6. The molecule has 6 nitrogen and oxygen atoms in total. The van der Waals surface area contributed by atoms with E-state index in [-0.39, 0.29) is 31.3 Å². The molecule has 0 aliphatic heterocycles. The SMILES string of the molecule is CCOCC(O)COc1ccc(C(C)(C)c2ccc(OC(CO)COCC)cc2)cc1. The Bertz CT molecular complexity index is 742. The molecule has 0 bridgehead atoms. The smallest absolute Gasteiger partial charge is 0.145 e. The first-order valence-corrected chi connectivity index (χ1v) is 10.9. The topological polar surface area (TPSA) is 77.4 Å². The summed E-state index contributed by atoms with van der Waals surface area (Å²) in [6.45, 7) is 10.0. The molecule has 0 aliphatic rings. The summed E-state index contributed by atoms with van der Waals surface area (Å²) in [6.07, 6.45) is -1.02. The van der Waals surface area contributed by atoms with Gasteiger partial charge in [-0.15, -0.1) is 0 Å². The molecule has 0 spiro atoms. The van der Waals surface area contributed by atoms with Crippen molar-refractivity contribution in [3.8, 4) is 11.5 Å². The van der Waals surface area contributed by atoms with Crippen molar-refractivity contribution in [2.45, 2.75) is 45.3 Å². The molecule has 2 aromatic carbocycles. The largest absolute Gasteiger partial charge is 0.491 e. The van der Waals surface area contributed by atoms with Crippen molar-refractivity contribution >= 4 is 0 Å². The molecule has 0 heterocycles. The van der Waals surface area contributed by atoms with Gasteiger partial charge < -0.3 is 29.2 Å². The monoisotopic (exact) mass is 432 g/mol. The third kappa shape index (κ3) is 7.82. The van der Waals surface area contributed by atoms with E-state index in [4.69, 9.17) is 18.9 Å². The van der Waals surface area contributed by atoms with E-state index in [9.17, 15) is 10.2 Å². The number of rotatable bonds is 14. The molecule has 0 aliphatic carbocycles. The van der Waals surface area contributed by atoms with E-state index in [0.717, 1.165) is 11.1 Å². The average molecular weight is 433 g/mol. The summed E-state index contributed by atoms with van der Waals surface area (Å²) in [5.41, 5.74) is 2.08. The molecule has 0 radical (unpaired) electrons. The van der Waals surface area contributed by atoms with Gasteiger partial charge in [-0.2, -0.15) is 0 Å². The third-order valence-corrected chi connectivity index (χ3v) is 5.12. The van der Waals surface area contributed by atoms with Crippen LogP contribution in [-0.4, -0.2) is 62.1 Å². The molecule has 0 saturated heterocycles. The second kappa shape index (κ2) is 12.7. The Balaban J connectivity index is 1.99. The summed E-state index contributed by atoms with van der Waals surface area (Å²) in [5, 5.41) is 19.3. The van der Waals surface area contributed by atoms with Crippen LogP contribution in [0.5, 0.6) is 11.5 Å². The van der Waals surface area contributed by atoms with Crippen LogP contribution in [0.15, 0.2) is 48.5 Å². The van der Waals surface area contributed by atoms with Gasteiger partial charge in [0.05, 0.1) is 19.8 Å². The van der Waals surface area contributed by atoms with Crippen molar-refractivity contribution in [1.29, 1.82) is 0 Å². The summed E-state index contributed by atoms with van der Waals surface area (Å²) in [5.74, 6) is 1.41. The molecular weight excluding hydrogens is 396 g/mol. The van der Waals surface area contributed by atoms with Gasteiger partial charge in [0.1, 0.15) is 30.3 Å². The molecule has 31 heavy (non-hydrogen) atoms. The maximum Gasteiger partial charge on any atom is 0.145 e. The number of aliphatic hydroxyl groups excluding tert-OH is 2. The van der Waals surface area contributed by atoms with Crippen molar-refractivity contribution in [2.24, 2.45) is 0 Å². The maximum atomic E-state index is 9.83. The van der Waals surface area contributed by atoms with Crippen LogP contribution in [0.25, 0.3) is 0 Å². The first-order valence-electron chi connectivity index (χ1n) is 10.9. The van der Waals surface area contributed by atoms with E-state index in [2.05, 4.69) is 13.8 Å². The van der Waals surface area contributed by atoms with Gasteiger partial charge in [-0.3, -0.25) is 0 Å². The van der Waals surface area contributed by atoms with E-state index >= 15 is 0 Å². The lowest BCUT2D eigenvalue weighted by Gasteiger charge is -2.27. The molecule has 2 atom stereocenters. The van der Waals surface area contributed by atoms with Crippen LogP contribution < -0.4 is 9.47 Å². The van der Waals surface area contributed by atoms with Gasteiger partial charge in [0.2, 0.25) is 0 Å².